The third kappa shape index (κ3) is 3.77. The van der Waals surface area contributed by atoms with Crippen LogP contribution in [0.15, 0.2) is 30.3 Å². The first-order chi connectivity index (χ1) is 11.2. The van der Waals surface area contributed by atoms with E-state index in [0.29, 0.717) is 11.2 Å². The van der Waals surface area contributed by atoms with Crippen molar-refractivity contribution >= 4 is 28.2 Å². The van der Waals surface area contributed by atoms with Gasteiger partial charge in [0.25, 0.3) is 0 Å². The summed E-state index contributed by atoms with van der Waals surface area (Å²) in [7, 11) is 2.15. The first-order valence-electron chi connectivity index (χ1n) is 8.30. The molecule has 1 aliphatic rings. The van der Waals surface area contributed by atoms with Crippen LogP contribution in [0, 0.1) is 0 Å². The largest absolute Gasteiger partial charge is 0.396 e. The van der Waals surface area contributed by atoms with Crippen molar-refractivity contribution in [3.63, 3.8) is 0 Å². The van der Waals surface area contributed by atoms with Crippen molar-refractivity contribution in [3.8, 4) is 0 Å². The van der Waals surface area contributed by atoms with Crippen molar-refractivity contribution in [2.75, 3.05) is 38.2 Å². The van der Waals surface area contributed by atoms with Gasteiger partial charge in [-0.3, -0.25) is 0 Å². The van der Waals surface area contributed by atoms with Crippen molar-refractivity contribution in [2.45, 2.75) is 25.3 Å². The zero-order chi connectivity index (χ0) is 16.2. The molecule has 0 bridgehead atoms. The van der Waals surface area contributed by atoms with E-state index in [4.69, 9.17) is 16.7 Å². The van der Waals surface area contributed by atoms with Crippen LogP contribution in [-0.4, -0.2) is 54.3 Å². The van der Waals surface area contributed by atoms with Gasteiger partial charge in [-0.2, -0.15) is 0 Å². The third-order valence-electron chi connectivity index (χ3n) is 4.76. The molecule has 3 rings (SSSR count). The van der Waals surface area contributed by atoms with Gasteiger partial charge in [0.2, 0.25) is 0 Å². The highest BCUT2D eigenvalue weighted by molar-refractivity contribution is 6.34. The van der Waals surface area contributed by atoms with Crippen LogP contribution in [0.5, 0.6) is 0 Å². The summed E-state index contributed by atoms with van der Waals surface area (Å²) in [5.41, 5.74) is 0. The Kier molecular flexibility index (Phi) is 5.36. The standard InChI is InChI=1S/C18H24ClN3O/c1-21(9-4-12-23)15-7-10-22(11-8-15)17-13-14-5-2-3-6-16(14)18(19)20-17/h2-3,5-6,13,15,23H,4,7-12H2,1H3. The minimum Gasteiger partial charge on any atom is -0.396 e. The van der Waals surface area contributed by atoms with Crippen molar-refractivity contribution in [1.82, 2.24) is 9.88 Å². The molecular formula is C18H24ClN3O. The molecule has 124 valence electrons. The van der Waals surface area contributed by atoms with Crippen LogP contribution >= 0.6 is 11.6 Å². The predicted molar refractivity (Wildman–Crippen MR) is 96.3 cm³/mol. The number of aliphatic hydroxyl groups is 1. The Bertz CT molecular complexity index is 656. The normalized spacial score (nSPS) is 16.4. The molecule has 0 saturated carbocycles. The topological polar surface area (TPSA) is 39.6 Å². The maximum absolute atomic E-state index is 8.96. The summed E-state index contributed by atoms with van der Waals surface area (Å²) in [5.74, 6) is 0.977. The highest BCUT2D eigenvalue weighted by atomic mass is 35.5. The summed E-state index contributed by atoms with van der Waals surface area (Å²) in [5, 5.41) is 11.7. The fourth-order valence-electron chi connectivity index (χ4n) is 3.34. The van der Waals surface area contributed by atoms with Crippen LogP contribution in [0.1, 0.15) is 19.3 Å². The van der Waals surface area contributed by atoms with Gasteiger partial charge in [0, 0.05) is 37.7 Å². The molecule has 0 radical (unpaired) electrons. The summed E-state index contributed by atoms with van der Waals surface area (Å²) in [6.45, 7) is 3.22. The summed E-state index contributed by atoms with van der Waals surface area (Å²) < 4.78 is 0. The number of aromatic nitrogens is 1. The maximum atomic E-state index is 8.96. The number of rotatable bonds is 5. The second kappa shape index (κ2) is 7.47. The highest BCUT2D eigenvalue weighted by Gasteiger charge is 2.23. The second-order valence-electron chi connectivity index (χ2n) is 6.27. The molecule has 0 amide bonds. The molecule has 1 fully saturated rings. The van der Waals surface area contributed by atoms with Crippen molar-refractivity contribution in [2.24, 2.45) is 0 Å². The van der Waals surface area contributed by atoms with Crippen molar-refractivity contribution < 1.29 is 5.11 Å². The van der Waals surface area contributed by atoms with Crippen LogP contribution < -0.4 is 4.90 Å². The lowest BCUT2D eigenvalue weighted by Gasteiger charge is -2.37. The van der Waals surface area contributed by atoms with Crippen LogP contribution in [0.4, 0.5) is 5.82 Å². The molecule has 2 aromatic rings. The Balaban J connectivity index is 1.68. The van der Waals surface area contributed by atoms with Gasteiger partial charge in [-0.1, -0.05) is 35.9 Å². The average Bonchev–Trinajstić information content (AvgIpc) is 2.60. The molecule has 0 unspecified atom stereocenters. The van der Waals surface area contributed by atoms with Gasteiger partial charge in [-0.25, -0.2) is 4.98 Å². The van der Waals surface area contributed by atoms with E-state index < -0.39 is 0 Å². The SMILES string of the molecule is CN(CCCO)C1CCN(c2cc3ccccc3c(Cl)n2)CC1. The molecule has 1 aromatic heterocycles. The van der Waals surface area contributed by atoms with Gasteiger partial charge in [0.15, 0.2) is 0 Å². The fourth-order valence-corrected chi connectivity index (χ4v) is 3.60. The van der Waals surface area contributed by atoms with Gasteiger partial charge >= 0.3 is 0 Å². The lowest BCUT2D eigenvalue weighted by molar-refractivity contribution is 0.184. The number of nitrogens with zero attached hydrogens (tertiary/aromatic N) is 3. The molecule has 1 saturated heterocycles. The highest BCUT2D eigenvalue weighted by Crippen LogP contribution is 2.28. The van der Waals surface area contributed by atoms with Crippen LogP contribution in [0.2, 0.25) is 5.15 Å². The number of benzene rings is 1. The number of halogens is 1. The summed E-state index contributed by atoms with van der Waals surface area (Å²) in [4.78, 5) is 9.29. The van der Waals surface area contributed by atoms with Gasteiger partial charge in [-0.05, 0) is 37.8 Å². The molecule has 1 aliphatic heterocycles. The van der Waals surface area contributed by atoms with Crippen LogP contribution in [0.25, 0.3) is 10.8 Å². The number of anilines is 1. The number of aliphatic hydroxyl groups excluding tert-OH is 1. The number of piperidine rings is 1. The Morgan fingerprint density at radius 2 is 2.04 bits per heavy atom. The van der Waals surface area contributed by atoms with E-state index in [9.17, 15) is 0 Å². The van der Waals surface area contributed by atoms with E-state index in [1.807, 2.05) is 18.2 Å². The number of fused-ring (bicyclic) bond motifs is 1. The lowest BCUT2D eigenvalue weighted by Crippen LogP contribution is -2.44. The van der Waals surface area contributed by atoms with Gasteiger partial charge in [0.1, 0.15) is 11.0 Å². The smallest absolute Gasteiger partial charge is 0.139 e. The zero-order valence-corrected chi connectivity index (χ0v) is 14.3. The molecule has 0 aliphatic carbocycles. The van der Waals surface area contributed by atoms with Crippen molar-refractivity contribution in [1.29, 1.82) is 0 Å². The monoisotopic (exact) mass is 333 g/mol. The second-order valence-corrected chi connectivity index (χ2v) is 6.63. The Hall–Kier alpha value is -1.36. The van der Waals surface area contributed by atoms with E-state index in [0.717, 1.165) is 55.5 Å². The molecular weight excluding hydrogens is 310 g/mol. The fraction of sp³-hybridized carbons (Fsp3) is 0.500. The molecule has 4 nitrogen and oxygen atoms in total. The van der Waals surface area contributed by atoms with Gasteiger partial charge in [0.05, 0.1) is 0 Å². The minimum atomic E-state index is 0.267. The van der Waals surface area contributed by atoms with E-state index >= 15 is 0 Å². The summed E-state index contributed by atoms with van der Waals surface area (Å²) >= 11 is 6.35. The average molecular weight is 334 g/mol. The van der Waals surface area contributed by atoms with E-state index in [2.05, 4.69) is 34.0 Å². The number of pyridine rings is 1. The maximum Gasteiger partial charge on any atom is 0.139 e. The molecule has 23 heavy (non-hydrogen) atoms. The van der Waals surface area contributed by atoms with E-state index in [1.54, 1.807) is 0 Å². The Morgan fingerprint density at radius 1 is 1.30 bits per heavy atom. The third-order valence-corrected chi connectivity index (χ3v) is 5.05. The number of hydrogen-bond acceptors (Lipinski definition) is 4. The molecule has 1 N–H and O–H groups in total. The zero-order valence-electron chi connectivity index (χ0n) is 13.6. The predicted octanol–water partition coefficient (Wildman–Crippen LogP) is 3.17. The lowest BCUT2D eigenvalue weighted by atomic mass is 10.0. The molecule has 0 atom stereocenters. The molecule has 2 heterocycles. The number of hydrogen-bond donors (Lipinski definition) is 1. The molecule has 0 spiro atoms. The van der Waals surface area contributed by atoms with E-state index in [1.165, 1.54) is 0 Å². The first-order valence-corrected chi connectivity index (χ1v) is 8.68. The Morgan fingerprint density at radius 3 is 2.78 bits per heavy atom. The van der Waals surface area contributed by atoms with Crippen molar-refractivity contribution in [3.05, 3.63) is 35.5 Å². The minimum absolute atomic E-state index is 0.267. The molecule has 5 heteroatoms. The first kappa shape index (κ1) is 16.5. The van der Waals surface area contributed by atoms with Gasteiger partial charge in [-0.15, -0.1) is 0 Å². The van der Waals surface area contributed by atoms with E-state index in [-0.39, 0.29) is 6.61 Å². The van der Waals surface area contributed by atoms with Crippen LogP contribution in [0.3, 0.4) is 0 Å². The Labute approximate surface area is 142 Å². The van der Waals surface area contributed by atoms with Gasteiger partial charge < -0.3 is 14.9 Å². The summed E-state index contributed by atoms with van der Waals surface area (Å²) in [6, 6.07) is 10.8. The summed E-state index contributed by atoms with van der Waals surface area (Å²) in [6.07, 6.45) is 3.08. The molecule has 1 aromatic carbocycles. The quantitative estimate of drug-likeness (QED) is 0.853. The van der Waals surface area contributed by atoms with Crippen LogP contribution in [-0.2, 0) is 0 Å².